The molecule has 20 heavy (non-hydrogen) atoms. The van der Waals surface area contributed by atoms with Gasteiger partial charge in [-0.15, -0.1) is 0 Å². The van der Waals surface area contributed by atoms with Crippen LogP contribution in [0.3, 0.4) is 0 Å². The predicted octanol–water partition coefficient (Wildman–Crippen LogP) is 6.03. The molecule has 0 spiro atoms. The van der Waals surface area contributed by atoms with Crippen LogP contribution < -0.4 is 0 Å². The van der Waals surface area contributed by atoms with Gasteiger partial charge in [-0.05, 0) is 73.7 Å². The third kappa shape index (κ3) is 2.69. The summed E-state index contributed by atoms with van der Waals surface area (Å²) in [6.45, 7) is 13.9. The van der Waals surface area contributed by atoms with Crippen LogP contribution >= 0.6 is 0 Å². The molecule has 0 aromatic heterocycles. The van der Waals surface area contributed by atoms with Gasteiger partial charge >= 0.3 is 0 Å². The molecule has 2 saturated carbocycles. The predicted molar refractivity (Wildman–Crippen MR) is 86.7 cm³/mol. The Hall–Kier alpha value is -0.720. The molecular weight excluding hydrogens is 244 g/mol. The number of fused-ring (bicyclic) bond motifs is 1. The summed E-state index contributed by atoms with van der Waals surface area (Å²) in [5, 5.41) is 9.13. The molecule has 2 rings (SSSR count). The first-order valence-corrected chi connectivity index (χ1v) is 8.29. The molecule has 0 saturated heterocycles. The Labute approximate surface area is 125 Å². The summed E-state index contributed by atoms with van der Waals surface area (Å²) >= 11 is 0. The van der Waals surface area contributed by atoms with E-state index in [1.807, 2.05) is 6.92 Å². The Morgan fingerprint density at radius 2 is 2.05 bits per heavy atom. The van der Waals surface area contributed by atoms with Gasteiger partial charge in [-0.25, -0.2) is 0 Å². The lowest BCUT2D eigenvalue weighted by Gasteiger charge is -2.58. The van der Waals surface area contributed by atoms with Crippen molar-refractivity contribution in [1.29, 1.82) is 0 Å². The maximum absolute atomic E-state index is 9.13. The molecule has 0 aromatic carbocycles. The van der Waals surface area contributed by atoms with E-state index in [0.717, 1.165) is 24.3 Å². The van der Waals surface area contributed by atoms with Crippen molar-refractivity contribution in [3.05, 3.63) is 24.0 Å². The summed E-state index contributed by atoms with van der Waals surface area (Å²) in [6.07, 6.45) is 10.1. The smallest absolute Gasteiger partial charge is 0.0780 e. The molecule has 1 N–H and O–H groups in total. The highest BCUT2D eigenvalue weighted by molar-refractivity contribution is 5.16. The fourth-order valence-electron chi connectivity index (χ4n) is 5.24. The van der Waals surface area contributed by atoms with Crippen LogP contribution in [0, 0.1) is 22.7 Å². The molecule has 2 aliphatic carbocycles. The van der Waals surface area contributed by atoms with Gasteiger partial charge < -0.3 is 5.11 Å². The monoisotopic (exact) mass is 276 g/mol. The van der Waals surface area contributed by atoms with Gasteiger partial charge in [0.25, 0.3) is 0 Å². The summed E-state index contributed by atoms with van der Waals surface area (Å²) in [7, 11) is 0. The maximum atomic E-state index is 9.13. The number of hydrogen-bond donors (Lipinski definition) is 1. The second-order valence-corrected chi connectivity index (χ2v) is 8.16. The lowest BCUT2D eigenvalue weighted by atomic mass is 9.47. The normalized spacial score (nSPS) is 37.6. The summed E-state index contributed by atoms with van der Waals surface area (Å²) in [5.41, 5.74) is 3.46. The Morgan fingerprint density at radius 1 is 1.35 bits per heavy atom. The number of aliphatic hydroxyl groups is 1. The molecular formula is C19H32O. The lowest BCUT2D eigenvalue weighted by molar-refractivity contribution is -0.0539. The fourth-order valence-corrected chi connectivity index (χ4v) is 5.24. The molecule has 0 aromatic rings. The zero-order chi connectivity index (χ0) is 15.0. The van der Waals surface area contributed by atoms with Gasteiger partial charge in [0.1, 0.15) is 0 Å². The minimum atomic E-state index is 0.423. The van der Waals surface area contributed by atoms with Crippen molar-refractivity contribution < 1.29 is 5.11 Å². The van der Waals surface area contributed by atoms with Crippen molar-refractivity contribution >= 4 is 0 Å². The van der Waals surface area contributed by atoms with Crippen LogP contribution in [0.15, 0.2) is 24.0 Å². The Balaban J connectivity index is 2.22. The van der Waals surface area contributed by atoms with E-state index < -0.39 is 0 Å². The zero-order valence-electron chi connectivity index (χ0n) is 13.8. The molecule has 0 amide bonds. The third-order valence-corrected chi connectivity index (χ3v) is 6.37. The average molecular weight is 276 g/mol. The Bertz CT molecular complexity index is 404. The maximum Gasteiger partial charge on any atom is 0.0780 e. The molecule has 0 aliphatic heterocycles. The van der Waals surface area contributed by atoms with E-state index >= 15 is 0 Å². The first kappa shape index (κ1) is 15.7. The van der Waals surface area contributed by atoms with E-state index in [-0.39, 0.29) is 0 Å². The second-order valence-electron chi connectivity index (χ2n) is 8.16. The van der Waals surface area contributed by atoms with Crippen molar-refractivity contribution in [1.82, 2.24) is 0 Å². The Kier molecular flexibility index (Phi) is 4.37. The summed E-state index contributed by atoms with van der Waals surface area (Å²) in [4.78, 5) is 0. The largest absolute Gasteiger partial charge is 0.516 e. The molecule has 2 aliphatic rings. The van der Waals surface area contributed by atoms with Crippen molar-refractivity contribution in [3.63, 3.8) is 0 Å². The molecule has 0 heterocycles. The van der Waals surface area contributed by atoms with Crippen LogP contribution in [0.2, 0.25) is 0 Å². The molecule has 1 nitrogen and oxygen atoms in total. The second kappa shape index (κ2) is 5.58. The van der Waals surface area contributed by atoms with Gasteiger partial charge in [-0.2, -0.15) is 0 Å². The highest BCUT2D eigenvalue weighted by atomic mass is 16.2. The van der Waals surface area contributed by atoms with Gasteiger partial charge in [-0.1, -0.05) is 39.3 Å². The quantitative estimate of drug-likeness (QED) is 0.493. The summed E-state index contributed by atoms with van der Waals surface area (Å²) in [6, 6.07) is 0. The summed E-state index contributed by atoms with van der Waals surface area (Å²) < 4.78 is 0. The van der Waals surface area contributed by atoms with Crippen molar-refractivity contribution in [2.75, 3.05) is 0 Å². The molecule has 114 valence electrons. The van der Waals surface area contributed by atoms with E-state index in [2.05, 4.69) is 27.4 Å². The van der Waals surface area contributed by atoms with Gasteiger partial charge in [0.15, 0.2) is 0 Å². The van der Waals surface area contributed by atoms with E-state index in [1.54, 1.807) is 0 Å². The van der Waals surface area contributed by atoms with E-state index in [1.165, 1.54) is 43.9 Å². The van der Waals surface area contributed by atoms with Crippen molar-refractivity contribution in [3.8, 4) is 0 Å². The van der Waals surface area contributed by atoms with E-state index in [0.29, 0.717) is 16.7 Å². The van der Waals surface area contributed by atoms with Crippen LogP contribution in [-0.2, 0) is 0 Å². The van der Waals surface area contributed by atoms with Gasteiger partial charge in [0.05, 0.1) is 6.26 Å². The third-order valence-electron chi connectivity index (χ3n) is 6.37. The highest BCUT2D eigenvalue weighted by Gasteiger charge is 2.52. The highest BCUT2D eigenvalue weighted by Crippen LogP contribution is 2.61. The van der Waals surface area contributed by atoms with Crippen molar-refractivity contribution in [2.24, 2.45) is 22.7 Å². The lowest BCUT2D eigenvalue weighted by Crippen LogP contribution is -2.49. The molecule has 2 fully saturated rings. The van der Waals surface area contributed by atoms with Crippen LogP contribution in [0.25, 0.3) is 0 Å². The first-order valence-electron chi connectivity index (χ1n) is 8.29. The van der Waals surface area contributed by atoms with Crippen LogP contribution in [0.5, 0.6) is 0 Å². The number of aliphatic hydroxyl groups excluding tert-OH is 1. The van der Waals surface area contributed by atoms with Gasteiger partial charge in [-0.3, -0.25) is 0 Å². The number of rotatable bonds is 3. The fraction of sp³-hybridized carbons (Fsp3) is 0.789. The Morgan fingerprint density at radius 3 is 2.70 bits per heavy atom. The number of allylic oxidation sites excluding steroid dienone is 2. The van der Waals surface area contributed by atoms with Gasteiger partial charge in [0, 0.05) is 0 Å². The van der Waals surface area contributed by atoms with E-state index in [4.69, 9.17) is 5.11 Å². The van der Waals surface area contributed by atoms with Gasteiger partial charge in [0.2, 0.25) is 0 Å². The number of hydrogen-bond acceptors (Lipinski definition) is 1. The zero-order valence-corrected chi connectivity index (χ0v) is 13.8. The SMILES string of the molecule is C=C1CCC2C(C)(C)CCC[C@]2(C)[C@H]1CC/C(C)=C/O. The molecule has 1 unspecified atom stereocenters. The minimum absolute atomic E-state index is 0.423. The minimum Gasteiger partial charge on any atom is -0.516 e. The van der Waals surface area contributed by atoms with Crippen LogP contribution in [0.1, 0.15) is 72.6 Å². The standard InChI is InChI=1S/C19H32O/c1-14(13-20)7-9-16-15(2)8-10-17-18(3,4)11-6-12-19(16,17)5/h13,16-17,20H,2,6-12H2,1,3-5H3/b14-13+/t16-,17?,19+/m0/s1. The molecule has 0 radical (unpaired) electrons. The molecule has 3 atom stereocenters. The van der Waals surface area contributed by atoms with Crippen LogP contribution in [-0.4, -0.2) is 5.11 Å². The molecule has 0 bridgehead atoms. The first-order chi connectivity index (χ1) is 9.31. The topological polar surface area (TPSA) is 20.2 Å². The van der Waals surface area contributed by atoms with Crippen molar-refractivity contribution in [2.45, 2.75) is 72.6 Å². The average Bonchev–Trinajstić information content (AvgIpc) is 2.36. The summed E-state index contributed by atoms with van der Waals surface area (Å²) in [5.74, 6) is 1.47. The molecule has 1 heteroatoms. The van der Waals surface area contributed by atoms with E-state index in [9.17, 15) is 0 Å². The van der Waals surface area contributed by atoms with Crippen LogP contribution in [0.4, 0.5) is 0 Å².